The minimum atomic E-state index is -0.747. The van der Waals surface area contributed by atoms with E-state index in [1.54, 1.807) is 6.08 Å². The van der Waals surface area contributed by atoms with Crippen molar-refractivity contribution < 1.29 is 19.4 Å². The van der Waals surface area contributed by atoms with E-state index >= 15 is 0 Å². The number of carboxylic acids is 1. The molecule has 13 heavy (non-hydrogen) atoms. The van der Waals surface area contributed by atoms with Crippen LogP contribution in [0.2, 0.25) is 0 Å². The Kier molecular flexibility index (Phi) is 3.06. The van der Waals surface area contributed by atoms with Crippen LogP contribution in [0.5, 0.6) is 0 Å². The Hall–Kier alpha value is -1.32. The summed E-state index contributed by atoms with van der Waals surface area (Å²) in [6.45, 7) is 0. The Balaban J connectivity index is 2.25. The van der Waals surface area contributed by atoms with Crippen molar-refractivity contribution in [1.29, 1.82) is 0 Å². The van der Waals surface area contributed by atoms with E-state index in [9.17, 15) is 9.59 Å². The Morgan fingerprint density at radius 3 is 2.54 bits per heavy atom. The quantitative estimate of drug-likeness (QED) is 0.521. The van der Waals surface area contributed by atoms with E-state index in [1.807, 2.05) is 0 Å². The van der Waals surface area contributed by atoms with Crippen molar-refractivity contribution in [1.82, 2.24) is 0 Å². The maximum atomic E-state index is 10.6. The fourth-order valence-electron chi connectivity index (χ4n) is 1.30. The third kappa shape index (κ3) is 2.57. The molecule has 0 unspecified atom stereocenters. The Morgan fingerprint density at radius 2 is 2.08 bits per heavy atom. The minimum absolute atomic E-state index is 0.222. The molecule has 1 saturated carbocycles. The number of esters is 1. The maximum Gasteiger partial charge on any atom is 0.330 e. The first kappa shape index (κ1) is 9.77. The number of rotatable bonds is 3. The van der Waals surface area contributed by atoms with Crippen LogP contribution in [0.25, 0.3) is 0 Å². The van der Waals surface area contributed by atoms with Gasteiger partial charge in [0.15, 0.2) is 0 Å². The molecule has 0 radical (unpaired) electrons. The van der Waals surface area contributed by atoms with Gasteiger partial charge >= 0.3 is 11.9 Å². The van der Waals surface area contributed by atoms with Gasteiger partial charge in [0.2, 0.25) is 0 Å². The first-order chi connectivity index (χ1) is 6.13. The highest BCUT2D eigenvalue weighted by atomic mass is 16.5. The van der Waals surface area contributed by atoms with Crippen molar-refractivity contribution in [2.24, 2.45) is 11.8 Å². The van der Waals surface area contributed by atoms with Gasteiger partial charge in [-0.05, 0) is 18.8 Å². The molecule has 0 aromatic carbocycles. The SMILES string of the molecule is COC(=O)/C=C/C1CC(C(=O)O)C1. The second-order valence-corrected chi connectivity index (χ2v) is 3.15. The van der Waals surface area contributed by atoms with Gasteiger partial charge < -0.3 is 9.84 Å². The lowest BCUT2D eigenvalue weighted by Crippen LogP contribution is -2.29. The van der Waals surface area contributed by atoms with Crippen LogP contribution in [0.15, 0.2) is 12.2 Å². The highest BCUT2D eigenvalue weighted by molar-refractivity contribution is 5.81. The van der Waals surface area contributed by atoms with Crippen LogP contribution in [0, 0.1) is 11.8 Å². The molecule has 0 bridgehead atoms. The third-order valence-corrected chi connectivity index (χ3v) is 2.23. The van der Waals surface area contributed by atoms with Crippen LogP contribution in [-0.2, 0) is 14.3 Å². The fraction of sp³-hybridized carbons (Fsp3) is 0.556. The molecular weight excluding hydrogens is 172 g/mol. The maximum absolute atomic E-state index is 10.6. The predicted octanol–water partition coefficient (Wildman–Crippen LogP) is 0.826. The smallest absolute Gasteiger partial charge is 0.330 e. The standard InChI is InChI=1S/C9H12O4/c1-13-8(10)3-2-6-4-7(5-6)9(11)12/h2-3,6-7H,4-5H2,1H3,(H,11,12)/b3-2+. The third-order valence-electron chi connectivity index (χ3n) is 2.23. The molecule has 72 valence electrons. The van der Waals surface area contributed by atoms with Gasteiger partial charge in [0.1, 0.15) is 0 Å². The number of carbonyl (C=O) groups excluding carboxylic acids is 1. The highest BCUT2D eigenvalue weighted by Gasteiger charge is 2.32. The van der Waals surface area contributed by atoms with Gasteiger partial charge in [-0.2, -0.15) is 0 Å². The van der Waals surface area contributed by atoms with Crippen LogP contribution in [0.4, 0.5) is 0 Å². The number of carbonyl (C=O) groups is 2. The lowest BCUT2D eigenvalue weighted by atomic mass is 9.75. The average Bonchev–Trinajstić information content (AvgIpc) is 2.00. The van der Waals surface area contributed by atoms with Crippen molar-refractivity contribution in [3.05, 3.63) is 12.2 Å². The molecule has 0 heterocycles. The normalized spacial score (nSPS) is 26.8. The zero-order chi connectivity index (χ0) is 9.84. The Morgan fingerprint density at radius 1 is 1.46 bits per heavy atom. The Labute approximate surface area is 76.2 Å². The molecule has 1 fully saturated rings. The summed E-state index contributed by atoms with van der Waals surface area (Å²) in [7, 11) is 1.31. The topological polar surface area (TPSA) is 63.6 Å². The molecule has 1 aliphatic rings. The second kappa shape index (κ2) is 4.07. The number of allylic oxidation sites excluding steroid dienone is 1. The van der Waals surface area contributed by atoms with Gasteiger partial charge in [-0.15, -0.1) is 0 Å². The molecule has 1 rings (SSSR count). The lowest BCUT2D eigenvalue weighted by molar-refractivity contribution is -0.145. The molecule has 0 amide bonds. The van der Waals surface area contributed by atoms with Gasteiger partial charge in [0, 0.05) is 6.08 Å². The van der Waals surface area contributed by atoms with E-state index in [1.165, 1.54) is 13.2 Å². The van der Waals surface area contributed by atoms with E-state index < -0.39 is 11.9 Å². The first-order valence-electron chi connectivity index (χ1n) is 4.12. The largest absolute Gasteiger partial charge is 0.481 e. The number of ether oxygens (including phenoxy) is 1. The Bertz CT molecular complexity index is 238. The van der Waals surface area contributed by atoms with Gasteiger partial charge in [0.05, 0.1) is 13.0 Å². The number of carboxylic acid groups (broad SMARTS) is 1. The summed E-state index contributed by atoms with van der Waals surface area (Å²) in [6, 6.07) is 0. The van der Waals surface area contributed by atoms with Gasteiger partial charge in [-0.1, -0.05) is 6.08 Å². The molecule has 4 nitrogen and oxygen atoms in total. The van der Waals surface area contributed by atoms with Crippen LogP contribution < -0.4 is 0 Å². The van der Waals surface area contributed by atoms with Gasteiger partial charge in [-0.3, -0.25) is 4.79 Å². The van der Waals surface area contributed by atoms with Crippen molar-refractivity contribution in [2.75, 3.05) is 7.11 Å². The summed E-state index contributed by atoms with van der Waals surface area (Å²) < 4.78 is 4.40. The molecule has 0 aliphatic heterocycles. The summed E-state index contributed by atoms with van der Waals surface area (Å²) in [4.78, 5) is 21.1. The van der Waals surface area contributed by atoms with Crippen LogP contribution in [-0.4, -0.2) is 24.2 Å². The monoisotopic (exact) mass is 184 g/mol. The van der Waals surface area contributed by atoms with E-state index in [0.717, 1.165) is 0 Å². The summed E-state index contributed by atoms with van der Waals surface area (Å²) in [5.41, 5.74) is 0. The number of methoxy groups -OCH3 is 1. The minimum Gasteiger partial charge on any atom is -0.481 e. The lowest BCUT2D eigenvalue weighted by Gasteiger charge is -2.29. The van der Waals surface area contributed by atoms with E-state index in [4.69, 9.17) is 5.11 Å². The van der Waals surface area contributed by atoms with Crippen LogP contribution in [0.1, 0.15) is 12.8 Å². The van der Waals surface area contributed by atoms with Gasteiger partial charge in [0.25, 0.3) is 0 Å². The molecule has 4 heteroatoms. The second-order valence-electron chi connectivity index (χ2n) is 3.15. The number of hydrogen-bond acceptors (Lipinski definition) is 3. The zero-order valence-corrected chi connectivity index (χ0v) is 7.40. The number of hydrogen-bond donors (Lipinski definition) is 1. The molecule has 0 spiro atoms. The summed E-state index contributed by atoms with van der Waals surface area (Å²) >= 11 is 0. The van der Waals surface area contributed by atoms with Crippen LogP contribution in [0.3, 0.4) is 0 Å². The van der Waals surface area contributed by atoms with Crippen molar-refractivity contribution >= 4 is 11.9 Å². The van der Waals surface area contributed by atoms with E-state index in [2.05, 4.69) is 4.74 Å². The molecule has 0 saturated heterocycles. The van der Waals surface area contributed by atoms with E-state index in [-0.39, 0.29) is 11.8 Å². The molecular formula is C9H12O4. The van der Waals surface area contributed by atoms with Crippen molar-refractivity contribution in [3.63, 3.8) is 0 Å². The summed E-state index contributed by atoms with van der Waals surface area (Å²) in [6.07, 6.45) is 4.32. The van der Waals surface area contributed by atoms with Crippen molar-refractivity contribution in [3.8, 4) is 0 Å². The molecule has 0 aromatic heterocycles. The molecule has 1 aliphatic carbocycles. The molecule has 0 atom stereocenters. The fourth-order valence-corrected chi connectivity index (χ4v) is 1.30. The van der Waals surface area contributed by atoms with Gasteiger partial charge in [-0.25, -0.2) is 4.79 Å². The average molecular weight is 184 g/mol. The molecule has 1 N–H and O–H groups in total. The number of aliphatic carboxylic acids is 1. The van der Waals surface area contributed by atoms with E-state index in [0.29, 0.717) is 12.8 Å². The first-order valence-corrected chi connectivity index (χ1v) is 4.12. The van der Waals surface area contributed by atoms with Crippen LogP contribution >= 0.6 is 0 Å². The highest BCUT2D eigenvalue weighted by Crippen LogP contribution is 2.34. The van der Waals surface area contributed by atoms with Crippen molar-refractivity contribution in [2.45, 2.75) is 12.8 Å². The predicted molar refractivity (Wildman–Crippen MR) is 45.0 cm³/mol. The summed E-state index contributed by atoms with van der Waals surface area (Å²) in [5.74, 6) is -1.14. The molecule has 0 aromatic rings. The summed E-state index contributed by atoms with van der Waals surface area (Å²) in [5, 5.41) is 8.56. The zero-order valence-electron chi connectivity index (χ0n) is 7.40.